The Morgan fingerprint density at radius 3 is 2.24 bits per heavy atom. The minimum atomic E-state index is -3.23. The highest BCUT2D eigenvalue weighted by atomic mass is 32.2. The van der Waals surface area contributed by atoms with Crippen molar-refractivity contribution in [3.63, 3.8) is 0 Å². The zero-order valence-electron chi connectivity index (χ0n) is 25.9. The summed E-state index contributed by atoms with van der Waals surface area (Å²) in [6, 6.07) is 21.4. The van der Waals surface area contributed by atoms with Gasteiger partial charge in [0, 0.05) is 28.5 Å². The van der Waals surface area contributed by atoms with Gasteiger partial charge in [-0.2, -0.15) is 10.5 Å². The van der Waals surface area contributed by atoms with Crippen molar-refractivity contribution < 1.29 is 28.0 Å². The molecule has 4 aromatic rings. The largest absolute Gasteiger partial charge is 0.493 e. The monoisotopic (exact) mass is 638 g/mol. The van der Waals surface area contributed by atoms with Gasteiger partial charge in [0.2, 0.25) is 0 Å². The summed E-state index contributed by atoms with van der Waals surface area (Å²) in [5.41, 5.74) is 1.65. The third-order valence-electron chi connectivity index (χ3n) is 6.37. The maximum Gasteiger partial charge on any atom is 0.442 e. The van der Waals surface area contributed by atoms with Gasteiger partial charge < -0.3 is 19.5 Å². The van der Waals surface area contributed by atoms with E-state index in [0.717, 1.165) is 0 Å². The molecule has 1 aromatic heterocycles. The lowest BCUT2D eigenvalue weighted by atomic mass is 10.0. The van der Waals surface area contributed by atoms with Crippen LogP contribution in [-0.4, -0.2) is 45.4 Å². The number of rotatable bonds is 7. The maximum absolute atomic E-state index is 13.9. The topological polar surface area (TPSA) is 177 Å². The van der Waals surface area contributed by atoms with Crippen LogP contribution in [0.15, 0.2) is 76.0 Å². The molecule has 1 heterocycles. The van der Waals surface area contributed by atoms with Gasteiger partial charge in [-0.1, -0.05) is 18.2 Å². The van der Waals surface area contributed by atoms with Crippen molar-refractivity contribution in [3.8, 4) is 40.8 Å². The van der Waals surface area contributed by atoms with E-state index in [1.807, 2.05) is 6.07 Å². The Bertz CT molecular complexity index is 2030. The van der Waals surface area contributed by atoms with Crippen molar-refractivity contribution in [3.05, 3.63) is 89.0 Å². The van der Waals surface area contributed by atoms with E-state index >= 15 is 0 Å². The predicted molar refractivity (Wildman–Crippen MR) is 170 cm³/mol. The Labute approximate surface area is 266 Å². The second kappa shape index (κ2) is 13.5. The maximum atomic E-state index is 13.9. The molecule has 0 aliphatic rings. The lowest BCUT2D eigenvalue weighted by Crippen LogP contribution is -2.22. The van der Waals surface area contributed by atoms with Gasteiger partial charge >= 0.3 is 6.09 Å². The van der Waals surface area contributed by atoms with E-state index in [1.165, 1.54) is 43.7 Å². The van der Waals surface area contributed by atoms with Crippen LogP contribution >= 0.6 is 0 Å². The number of hydrogen-bond donors (Lipinski definition) is 1. The molecule has 0 unspecified atom stereocenters. The van der Waals surface area contributed by atoms with E-state index in [4.69, 9.17) is 14.2 Å². The Kier molecular flexibility index (Phi) is 9.69. The van der Waals surface area contributed by atoms with E-state index in [1.54, 1.807) is 64.1 Å². The van der Waals surface area contributed by atoms with E-state index in [9.17, 15) is 24.3 Å². The van der Waals surface area contributed by atoms with Gasteiger partial charge in [0.05, 0.1) is 45.8 Å². The molecule has 0 spiro atoms. The number of carbonyl (C=O) groups is 2. The van der Waals surface area contributed by atoms with Crippen LogP contribution in [0.1, 0.15) is 47.8 Å². The molecule has 234 valence electrons. The molecule has 2 amide bonds. The van der Waals surface area contributed by atoms with Crippen LogP contribution in [0.2, 0.25) is 0 Å². The van der Waals surface area contributed by atoms with Gasteiger partial charge in [-0.15, -0.1) is 14.6 Å². The first-order valence-corrected chi connectivity index (χ1v) is 15.7. The molecule has 1 atom stereocenters. The van der Waals surface area contributed by atoms with Crippen molar-refractivity contribution in [1.82, 2.24) is 10.2 Å². The third kappa shape index (κ3) is 7.83. The molecule has 46 heavy (non-hydrogen) atoms. The summed E-state index contributed by atoms with van der Waals surface area (Å²) < 4.78 is 33.8. The minimum absolute atomic E-state index is 0.0295. The molecule has 0 fully saturated rings. The Hall–Kier alpha value is -5.79. The molecule has 12 nitrogen and oxygen atoms in total. The number of nitrogens with one attached hydrogen (secondary N) is 1. The van der Waals surface area contributed by atoms with E-state index in [0.29, 0.717) is 27.9 Å². The number of aromatic nitrogens is 2. The molecule has 0 saturated carbocycles. The molecular formula is C33H30N6O6S. The normalized spacial score (nSPS) is 12.1. The summed E-state index contributed by atoms with van der Waals surface area (Å²) in [7, 11) is -1.82. The lowest BCUT2D eigenvalue weighted by Gasteiger charge is -2.18. The summed E-state index contributed by atoms with van der Waals surface area (Å²) in [5.74, 6) is -0.355. The summed E-state index contributed by atoms with van der Waals surface area (Å²) in [5, 5.41) is 29.8. The van der Waals surface area contributed by atoms with Gasteiger partial charge in [-0.25, -0.2) is 9.00 Å². The fourth-order valence-corrected chi connectivity index (χ4v) is 5.32. The SMILES string of the molecule is COc1cc(C#N)ccc1Oc1nnc(-c2ccc(C#N)cc2)c(C)c1C(=O)Nc1cccc([S@@](C)(=O)=NC(=O)OC(C)(C)C)c1. The Balaban J connectivity index is 1.77. The van der Waals surface area contributed by atoms with Crippen molar-refractivity contribution in [2.75, 3.05) is 18.7 Å². The Morgan fingerprint density at radius 2 is 1.61 bits per heavy atom. The molecule has 0 aliphatic heterocycles. The van der Waals surface area contributed by atoms with Gasteiger partial charge in [0.25, 0.3) is 11.8 Å². The molecule has 0 saturated heterocycles. The van der Waals surface area contributed by atoms with Crippen LogP contribution in [0, 0.1) is 29.6 Å². The number of amides is 2. The fraction of sp³-hybridized carbons (Fsp3) is 0.212. The lowest BCUT2D eigenvalue weighted by molar-refractivity contribution is 0.0607. The minimum Gasteiger partial charge on any atom is -0.493 e. The highest BCUT2D eigenvalue weighted by molar-refractivity contribution is 7.93. The quantitative estimate of drug-likeness (QED) is 0.231. The average molecular weight is 639 g/mol. The molecule has 0 radical (unpaired) electrons. The molecule has 0 bridgehead atoms. The van der Waals surface area contributed by atoms with E-state index in [2.05, 4.69) is 25.9 Å². The number of ether oxygens (including phenoxy) is 3. The Morgan fingerprint density at radius 1 is 0.935 bits per heavy atom. The average Bonchev–Trinajstić information content (AvgIpc) is 3.00. The number of nitriles is 2. The predicted octanol–water partition coefficient (Wildman–Crippen LogP) is 6.64. The van der Waals surface area contributed by atoms with Gasteiger partial charge in [-0.3, -0.25) is 4.79 Å². The first-order valence-electron chi connectivity index (χ1n) is 13.7. The number of methoxy groups -OCH3 is 1. The summed E-state index contributed by atoms with van der Waals surface area (Å²) >= 11 is 0. The van der Waals surface area contributed by atoms with Crippen LogP contribution in [0.4, 0.5) is 10.5 Å². The molecule has 0 aliphatic carbocycles. The van der Waals surface area contributed by atoms with Gasteiger partial charge in [0.1, 0.15) is 11.2 Å². The molecular weight excluding hydrogens is 608 g/mol. The third-order valence-corrected chi connectivity index (χ3v) is 8.00. The van der Waals surface area contributed by atoms with Crippen LogP contribution in [0.25, 0.3) is 11.3 Å². The van der Waals surface area contributed by atoms with E-state index in [-0.39, 0.29) is 33.5 Å². The van der Waals surface area contributed by atoms with Crippen LogP contribution in [-0.2, 0) is 14.5 Å². The van der Waals surface area contributed by atoms with Crippen LogP contribution in [0.3, 0.4) is 0 Å². The van der Waals surface area contributed by atoms with Crippen molar-refractivity contribution in [2.45, 2.75) is 38.2 Å². The number of anilines is 1. The van der Waals surface area contributed by atoms with Crippen LogP contribution in [0.5, 0.6) is 17.4 Å². The molecule has 13 heteroatoms. The number of nitrogens with zero attached hydrogens (tertiary/aromatic N) is 5. The van der Waals surface area contributed by atoms with Gasteiger partial charge in [0.15, 0.2) is 11.5 Å². The van der Waals surface area contributed by atoms with Crippen molar-refractivity contribution in [2.24, 2.45) is 4.36 Å². The second-order valence-corrected chi connectivity index (χ2v) is 13.2. The van der Waals surface area contributed by atoms with Crippen LogP contribution < -0.4 is 14.8 Å². The zero-order valence-corrected chi connectivity index (χ0v) is 26.8. The molecule has 3 aromatic carbocycles. The summed E-state index contributed by atoms with van der Waals surface area (Å²) in [6.07, 6.45) is 0.332. The zero-order chi connectivity index (χ0) is 33.6. The fourth-order valence-electron chi connectivity index (χ4n) is 4.22. The number of hydrogen-bond acceptors (Lipinski definition) is 10. The highest BCUT2D eigenvalue weighted by Gasteiger charge is 2.25. The number of carbonyl (C=O) groups excluding carboxylic acids is 2. The van der Waals surface area contributed by atoms with Crippen molar-refractivity contribution in [1.29, 1.82) is 10.5 Å². The van der Waals surface area contributed by atoms with E-state index < -0.39 is 27.3 Å². The summed E-state index contributed by atoms with van der Waals surface area (Å²) in [4.78, 5) is 26.4. The summed E-state index contributed by atoms with van der Waals surface area (Å²) in [6.45, 7) is 6.69. The first-order chi connectivity index (χ1) is 21.7. The smallest absolute Gasteiger partial charge is 0.442 e. The molecule has 4 rings (SSSR count). The first kappa shape index (κ1) is 33.1. The standard InChI is InChI=1S/C33H30N6O6S/c1-20-28(30(40)36-24-8-7-9-25(17-24)46(6,42)39-32(41)45-33(2,3)4)31(44-26-15-12-22(19-35)16-27(26)43-5)38-37-29(20)23-13-10-21(18-34)11-14-23/h7-17H,1-6H3,(H,36,40)/t46-/m1/s1. The highest BCUT2D eigenvalue weighted by Crippen LogP contribution is 2.36. The molecule has 1 N–H and O–H groups in total. The second-order valence-electron chi connectivity index (χ2n) is 11.0. The van der Waals surface area contributed by atoms with Gasteiger partial charge in [-0.05, 0) is 75.7 Å². The number of benzene rings is 3. The van der Waals surface area contributed by atoms with Crippen molar-refractivity contribution >= 4 is 27.4 Å².